The lowest BCUT2D eigenvalue weighted by Crippen LogP contribution is -2.25. The van der Waals surface area contributed by atoms with E-state index in [-0.39, 0.29) is 17.5 Å². The van der Waals surface area contributed by atoms with Crippen molar-refractivity contribution in [2.45, 2.75) is 53.2 Å². The standard InChI is InChI=1S/C20H30O3/c1-6-18(23-15-17-10-8-7-9-11-17)14-16(2)20(3,4)13-12-19(21)22-5/h7-13,16,18H,6,14-15H2,1-5H3. The van der Waals surface area contributed by atoms with E-state index in [0.29, 0.717) is 12.5 Å². The Hall–Kier alpha value is -1.61. The molecule has 128 valence electrons. The van der Waals surface area contributed by atoms with Crippen molar-refractivity contribution in [2.75, 3.05) is 7.11 Å². The Bertz CT molecular complexity index is 491. The quantitative estimate of drug-likeness (QED) is 0.486. The highest BCUT2D eigenvalue weighted by atomic mass is 16.5. The molecule has 0 saturated heterocycles. The number of ether oxygens (including phenoxy) is 2. The lowest BCUT2D eigenvalue weighted by atomic mass is 9.76. The van der Waals surface area contributed by atoms with Gasteiger partial charge >= 0.3 is 5.97 Å². The van der Waals surface area contributed by atoms with Gasteiger partial charge in [0.25, 0.3) is 0 Å². The van der Waals surface area contributed by atoms with Gasteiger partial charge in [0.15, 0.2) is 0 Å². The maximum absolute atomic E-state index is 11.3. The highest BCUT2D eigenvalue weighted by molar-refractivity contribution is 5.81. The minimum Gasteiger partial charge on any atom is -0.466 e. The Morgan fingerprint density at radius 2 is 1.91 bits per heavy atom. The van der Waals surface area contributed by atoms with Gasteiger partial charge in [-0.05, 0) is 29.7 Å². The normalized spacial score (nSPS) is 14.7. The summed E-state index contributed by atoms with van der Waals surface area (Å²) in [5.74, 6) is 0.0850. The molecule has 3 nitrogen and oxygen atoms in total. The molecule has 0 aliphatic heterocycles. The van der Waals surface area contributed by atoms with Crippen LogP contribution in [0, 0.1) is 11.3 Å². The zero-order valence-corrected chi connectivity index (χ0v) is 15.0. The van der Waals surface area contributed by atoms with E-state index in [1.54, 1.807) is 0 Å². The van der Waals surface area contributed by atoms with Crippen LogP contribution in [0.5, 0.6) is 0 Å². The van der Waals surface area contributed by atoms with Crippen LogP contribution in [-0.4, -0.2) is 19.2 Å². The molecule has 0 saturated carbocycles. The van der Waals surface area contributed by atoms with Crippen molar-refractivity contribution in [3.8, 4) is 0 Å². The maximum atomic E-state index is 11.3. The van der Waals surface area contributed by atoms with E-state index in [1.807, 2.05) is 24.3 Å². The highest BCUT2D eigenvalue weighted by Gasteiger charge is 2.26. The first-order chi connectivity index (χ1) is 10.9. The molecule has 1 aromatic carbocycles. The van der Waals surface area contributed by atoms with Crippen LogP contribution in [0.15, 0.2) is 42.5 Å². The van der Waals surface area contributed by atoms with Gasteiger partial charge < -0.3 is 9.47 Å². The molecule has 0 spiro atoms. The van der Waals surface area contributed by atoms with Crippen LogP contribution in [0.2, 0.25) is 0 Å². The van der Waals surface area contributed by atoms with Crippen LogP contribution in [0.1, 0.15) is 46.1 Å². The average Bonchev–Trinajstić information content (AvgIpc) is 2.57. The molecule has 0 heterocycles. The molecule has 0 radical (unpaired) electrons. The smallest absolute Gasteiger partial charge is 0.330 e. The number of benzene rings is 1. The molecule has 1 rings (SSSR count). The summed E-state index contributed by atoms with van der Waals surface area (Å²) in [7, 11) is 1.40. The van der Waals surface area contributed by atoms with Crippen molar-refractivity contribution in [1.82, 2.24) is 0 Å². The van der Waals surface area contributed by atoms with Gasteiger partial charge in [-0.3, -0.25) is 0 Å². The Morgan fingerprint density at radius 1 is 1.26 bits per heavy atom. The number of hydrogen-bond donors (Lipinski definition) is 0. The summed E-state index contributed by atoms with van der Waals surface area (Å²) in [5, 5.41) is 0. The number of carbonyl (C=O) groups excluding carboxylic acids is 1. The third-order valence-corrected chi connectivity index (χ3v) is 4.52. The van der Waals surface area contributed by atoms with Gasteiger partial charge in [0.1, 0.15) is 0 Å². The predicted octanol–water partition coefficient (Wildman–Crippen LogP) is 4.76. The van der Waals surface area contributed by atoms with E-state index in [4.69, 9.17) is 4.74 Å². The molecule has 23 heavy (non-hydrogen) atoms. The van der Waals surface area contributed by atoms with Crippen LogP contribution in [0.4, 0.5) is 0 Å². The second kappa shape index (κ2) is 9.51. The topological polar surface area (TPSA) is 35.5 Å². The summed E-state index contributed by atoms with van der Waals surface area (Å²) in [6.45, 7) is 9.28. The number of carbonyl (C=O) groups is 1. The monoisotopic (exact) mass is 318 g/mol. The minimum absolute atomic E-state index is 0.0856. The highest BCUT2D eigenvalue weighted by Crippen LogP contribution is 2.33. The van der Waals surface area contributed by atoms with Crippen molar-refractivity contribution in [1.29, 1.82) is 0 Å². The largest absolute Gasteiger partial charge is 0.466 e. The van der Waals surface area contributed by atoms with Gasteiger partial charge in [-0.2, -0.15) is 0 Å². The van der Waals surface area contributed by atoms with Gasteiger partial charge in [-0.1, -0.05) is 64.1 Å². The molecule has 2 unspecified atom stereocenters. The predicted molar refractivity (Wildman–Crippen MR) is 94.0 cm³/mol. The summed E-state index contributed by atoms with van der Waals surface area (Å²) in [6, 6.07) is 10.2. The second-order valence-electron chi connectivity index (χ2n) is 6.64. The van der Waals surface area contributed by atoms with E-state index in [2.05, 4.69) is 44.6 Å². The van der Waals surface area contributed by atoms with Gasteiger partial charge in [0.05, 0.1) is 19.8 Å². The van der Waals surface area contributed by atoms with Crippen LogP contribution in [0.25, 0.3) is 0 Å². The number of hydrogen-bond acceptors (Lipinski definition) is 3. The first kappa shape index (κ1) is 19.4. The molecule has 0 aliphatic carbocycles. The van der Waals surface area contributed by atoms with Crippen molar-refractivity contribution in [2.24, 2.45) is 11.3 Å². The Morgan fingerprint density at radius 3 is 2.48 bits per heavy atom. The van der Waals surface area contributed by atoms with Crippen molar-refractivity contribution >= 4 is 5.97 Å². The molecule has 0 aromatic heterocycles. The van der Waals surface area contributed by atoms with Crippen LogP contribution in [-0.2, 0) is 20.9 Å². The third kappa shape index (κ3) is 7.00. The SMILES string of the molecule is CCC(CC(C)C(C)(C)C=CC(=O)OC)OCc1ccccc1. The summed E-state index contributed by atoms with van der Waals surface area (Å²) >= 11 is 0. The lowest BCUT2D eigenvalue weighted by molar-refractivity contribution is -0.134. The van der Waals surface area contributed by atoms with E-state index >= 15 is 0 Å². The van der Waals surface area contributed by atoms with Crippen LogP contribution < -0.4 is 0 Å². The van der Waals surface area contributed by atoms with E-state index in [1.165, 1.54) is 18.7 Å². The van der Waals surface area contributed by atoms with E-state index in [0.717, 1.165) is 12.8 Å². The first-order valence-electron chi connectivity index (χ1n) is 8.31. The summed E-state index contributed by atoms with van der Waals surface area (Å²) in [4.78, 5) is 11.3. The maximum Gasteiger partial charge on any atom is 0.330 e. The molecule has 0 aliphatic rings. The fourth-order valence-corrected chi connectivity index (χ4v) is 2.35. The third-order valence-electron chi connectivity index (χ3n) is 4.52. The van der Waals surface area contributed by atoms with E-state index in [9.17, 15) is 4.79 Å². The fraction of sp³-hybridized carbons (Fsp3) is 0.550. The molecule has 2 atom stereocenters. The van der Waals surface area contributed by atoms with Crippen molar-refractivity contribution < 1.29 is 14.3 Å². The van der Waals surface area contributed by atoms with Crippen molar-refractivity contribution in [3.63, 3.8) is 0 Å². The Balaban J connectivity index is 2.56. The Labute approximate surface area is 140 Å². The van der Waals surface area contributed by atoms with E-state index < -0.39 is 0 Å². The van der Waals surface area contributed by atoms with Crippen molar-refractivity contribution in [3.05, 3.63) is 48.0 Å². The zero-order chi connectivity index (χ0) is 17.3. The fourth-order valence-electron chi connectivity index (χ4n) is 2.35. The number of esters is 1. The van der Waals surface area contributed by atoms with Crippen LogP contribution in [0.3, 0.4) is 0 Å². The zero-order valence-electron chi connectivity index (χ0n) is 15.0. The number of methoxy groups -OCH3 is 1. The first-order valence-corrected chi connectivity index (χ1v) is 8.31. The van der Waals surface area contributed by atoms with Gasteiger partial charge in [0.2, 0.25) is 0 Å². The average molecular weight is 318 g/mol. The molecule has 0 N–H and O–H groups in total. The Kier molecular flexibility index (Phi) is 8.04. The number of allylic oxidation sites excluding steroid dienone is 1. The molecule has 0 amide bonds. The van der Waals surface area contributed by atoms with Gasteiger partial charge in [-0.25, -0.2) is 4.79 Å². The molecule has 1 aromatic rings. The summed E-state index contributed by atoms with van der Waals surface area (Å²) in [6.07, 6.45) is 5.61. The van der Waals surface area contributed by atoms with Gasteiger partial charge in [-0.15, -0.1) is 0 Å². The minimum atomic E-state index is -0.308. The van der Waals surface area contributed by atoms with Crippen LogP contribution >= 0.6 is 0 Å². The van der Waals surface area contributed by atoms with Gasteiger partial charge in [0, 0.05) is 6.08 Å². The summed E-state index contributed by atoms with van der Waals surface area (Å²) < 4.78 is 10.7. The lowest BCUT2D eigenvalue weighted by Gasteiger charge is -2.31. The summed E-state index contributed by atoms with van der Waals surface area (Å²) in [5.41, 5.74) is 1.11. The molecule has 3 heteroatoms. The molecular weight excluding hydrogens is 288 g/mol. The molecule has 0 fully saturated rings. The molecular formula is C20H30O3. The molecule has 0 bridgehead atoms. The second-order valence-corrected chi connectivity index (χ2v) is 6.64. The number of rotatable bonds is 9.